The Morgan fingerprint density at radius 1 is 1.53 bits per heavy atom. The van der Waals surface area contributed by atoms with E-state index in [2.05, 4.69) is 0 Å². The van der Waals surface area contributed by atoms with Gasteiger partial charge in [0.25, 0.3) is 0 Å². The van der Waals surface area contributed by atoms with Crippen LogP contribution in [0, 0.1) is 0 Å². The molecule has 0 aliphatic carbocycles. The van der Waals surface area contributed by atoms with Crippen LogP contribution in [0.3, 0.4) is 0 Å². The number of halogens is 1. The van der Waals surface area contributed by atoms with Gasteiger partial charge < -0.3 is 19.8 Å². The van der Waals surface area contributed by atoms with Gasteiger partial charge in [-0.1, -0.05) is 0 Å². The molecule has 0 spiro atoms. The number of ether oxygens (including phenoxy) is 1. The largest absolute Gasteiger partial charge is 0.495 e. The first-order valence-electron chi connectivity index (χ1n) is 5.54. The fraction of sp³-hybridized carbons (Fsp3) is 0.455. The van der Waals surface area contributed by atoms with Crippen LogP contribution in [0.4, 0.5) is 0 Å². The van der Waals surface area contributed by atoms with Crippen molar-refractivity contribution in [2.75, 3.05) is 13.2 Å². The van der Waals surface area contributed by atoms with E-state index in [0.29, 0.717) is 13.2 Å². The van der Waals surface area contributed by atoms with Gasteiger partial charge in [-0.25, -0.2) is 0 Å². The van der Waals surface area contributed by atoms with Crippen LogP contribution in [-0.4, -0.2) is 32.5 Å². The van der Waals surface area contributed by atoms with E-state index in [1.807, 2.05) is 19.1 Å². The summed E-state index contributed by atoms with van der Waals surface area (Å²) < 4.78 is 16.9. The Hall–Kier alpha value is -0.745. The Bertz CT molecular complexity index is 408. The highest BCUT2D eigenvalue weighted by molar-refractivity contribution is 6.57. The van der Waals surface area contributed by atoms with Crippen LogP contribution in [-0.2, 0) is 14.0 Å². The van der Waals surface area contributed by atoms with Gasteiger partial charge >= 0.3 is 7.12 Å². The maximum atomic E-state index is 5.73. The van der Waals surface area contributed by atoms with E-state index in [4.69, 9.17) is 19.8 Å². The lowest BCUT2D eigenvalue weighted by Gasteiger charge is -2.23. The lowest BCUT2D eigenvalue weighted by Crippen LogP contribution is -2.36. The van der Waals surface area contributed by atoms with Crippen LogP contribution in [0.25, 0.3) is 0 Å². The number of rotatable bonds is 1. The molecule has 0 aromatic carbocycles. The van der Waals surface area contributed by atoms with Gasteiger partial charge in [0.2, 0.25) is 0 Å². The second kappa shape index (κ2) is 4.86. The van der Waals surface area contributed by atoms with Crippen LogP contribution in [0.2, 0.25) is 0 Å². The van der Waals surface area contributed by atoms with Gasteiger partial charge in [-0.3, -0.25) is 0 Å². The molecule has 0 aromatic rings. The minimum Gasteiger partial charge on any atom is -0.494 e. The number of allylic oxidation sites excluding steroid dienone is 3. The third-order valence-electron chi connectivity index (χ3n) is 3.20. The molecule has 0 amide bonds. The molecular weight excluding hydrogens is 240 g/mol. The third-order valence-corrected chi connectivity index (χ3v) is 3.20. The van der Waals surface area contributed by atoms with Crippen LogP contribution >= 0.6 is 12.4 Å². The van der Waals surface area contributed by atoms with Gasteiger partial charge in [-0.05, 0) is 35.7 Å². The molecule has 0 bridgehead atoms. The highest BCUT2D eigenvalue weighted by atomic mass is 35.5. The molecule has 0 fully saturated rings. The van der Waals surface area contributed by atoms with E-state index < -0.39 is 0 Å². The first-order valence-corrected chi connectivity index (χ1v) is 5.54. The summed E-state index contributed by atoms with van der Waals surface area (Å²) >= 11 is 0. The topological polar surface area (TPSA) is 53.7 Å². The molecule has 3 aliphatic heterocycles. The van der Waals surface area contributed by atoms with Gasteiger partial charge in [0, 0.05) is 6.54 Å². The van der Waals surface area contributed by atoms with Crippen molar-refractivity contribution in [2.24, 2.45) is 5.73 Å². The minimum atomic E-state index is -0.266. The van der Waals surface area contributed by atoms with Crippen molar-refractivity contribution in [3.63, 3.8) is 0 Å². The van der Waals surface area contributed by atoms with E-state index in [1.54, 1.807) is 6.26 Å². The number of nitrogens with two attached hydrogens (primary N) is 1. The molecule has 3 aliphatic rings. The summed E-state index contributed by atoms with van der Waals surface area (Å²) in [4.78, 5) is 0. The molecular formula is C11H15BClNO3. The van der Waals surface area contributed by atoms with Crippen molar-refractivity contribution in [1.29, 1.82) is 0 Å². The second-order valence-electron chi connectivity index (χ2n) is 4.20. The molecule has 0 saturated heterocycles. The molecule has 17 heavy (non-hydrogen) atoms. The van der Waals surface area contributed by atoms with Gasteiger partial charge in [-0.15, -0.1) is 12.4 Å². The van der Waals surface area contributed by atoms with Crippen molar-refractivity contribution in [1.82, 2.24) is 0 Å². The fourth-order valence-corrected chi connectivity index (χ4v) is 2.31. The van der Waals surface area contributed by atoms with Crippen molar-refractivity contribution >= 4 is 19.5 Å². The molecule has 0 radical (unpaired) electrons. The molecule has 2 atom stereocenters. The highest BCUT2D eigenvalue weighted by Crippen LogP contribution is 2.35. The second-order valence-corrected chi connectivity index (χ2v) is 4.20. The smallest absolute Gasteiger partial charge is 0.494 e. The highest BCUT2D eigenvalue weighted by Gasteiger charge is 2.41. The molecule has 92 valence electrons. The van der Waals surface area contributed by atoms with Crippen molar-refractivity contribution in [2.45, 2.75) is 19.1 Å². The van der Waals surface area contributed by atoms with Gasteiger partial charge in [-0.2, -0.15) is 0 Å². The Balaban J connectivity index is 0.00000108. The zero-order chi connectivity index (χ0) is 11.1. The summed E-state index contributed by atoms with van der Waals surface area (Å²) in [5.74, 6) is 0. The molecule has 2 N–H and O–H groups in total. The minimum absolute atomic E-state index is 0. The SMILES string of the molecule is CC1OC=CC2=CC(CN)OB3OCC1=C32.Cl. The van der Waals surface area contributed by atoms with Crippen molar-refractivity contribution in [3.8, 4) is 0 Å². The van der Waals surface area contributed by atoms with Crippen LogP contribution < -0.4 is 5.73 Å². The average Bonchev–Trinajstić information content (AvgIpc) is 2.65. The maximum Gasteiger partial charge on any atom is 0.495 e. The average molecular weight is 256 g/mol. The van der Waals surface area contributed by atoms with Gasteiger partial charge in [0.05, 0.1) is 19.0 Å². The van der Waals surface area contributed by atoms with Crippen LogP contribution in [0.15, 0.2) is 35.0 Å². The quantitative estimate of drug-likeness (QED) is 0.710. The Morgan fingerprint density at radius 2 is 2.35 bits per heavy atom. The summed E-state index contributed by atoms with van der Waals surface area (Å²) in [6, 6.07) is 0. The Morgan fingerprint density at radius 3 is 3.12 bits per heavy atom. The first-order chi connectivity index (χ1) is 7.79. The monoisotopic (exact) mass is 255 g/mol. The van der Waals surface area contributed by atoms with E-state index in [0.717, 1.165) is 11.0 Å². The molecule has 2 unspecified atom stereocenters. The maximum absolute atomic E-state index is 5.73. The summed E-state index contributed by atoms with van der Waals surface area (Å²) in [5, 5.41) is 0. The van der Waals surface area contributed by atoms with Crippen LogP contribution in [0.1, 0.15) is 6.92 Å². The lowest BCUT2D eigenvalue weighted by atomic mass is 9.70. The first kappa shape index (κ1) is 12.7. The van der Waals surface area contributed by atoms with E-state index in [9.17, 15) is 0 Å². The van der Waals surface area contributed by atoms with Crippen molar-refractivity contribution in [3.05, 3.63) is 35.0 Å². The van der Waals surface area contributed by atoms with Crippen molar-refractivity contribution < 1.29 is 14.0 Å². The molecule has 6 heteroatoms. The van der Waals surface area contributed by atoms with E-state index >= 15 is 0 Å². The zero-order valence-corrected chi connectivity index (χ0v) is 10.4. The standard InChI is InChI=1S/C11H14BNO3.ClH/c1-7-10-6-15-12-11(10)8(2-3-14-7)4-9(5-13)16-12;/h2-4,7,9H,5-6,13H2,1H3;1H. The zero-order valence-electron chi connectivity index (χ0n) is 9.59. The normalized spacial score (nSPS) is 30.2. The third kappa shape index (κ3) is 2.04. The predicted octanol–water partition coefficient (Wildman–Crippen LogP) is 0.979. The molecule has 3 heterocycles. The van der Waals surface area contributed by atoms with Gasteiger partial charge in [0.1, 0.15) is 6.10 Å². The Labute approximate surface area is 107 Å². The molecule has 3 rings (SSSR count). The fourth-order valence-electron chi connectivity index (χ4n) is 2.31. The van der Waals surface area contributed by atoms with Crippen LogP contribution in [0.5, 0.6) is 0 Å². The summed E-state index contributed by atoms with van der Waals surface area (Å²) in [7, 11) is -0.266. The summed E-state index contributed by atoms with van der Waals surface area (Å²) in [6.45, 7) is 3.07. The molecule has 0 aromatic heterocycles. The molecule has 4 nitrogen and oxygen atoms in total. The van der Waals surface area contributed by atoms with Gasteiger partial charge in [0.15, 0.2) is 0 Å². The lowest BCUT2D eigenvalue weighted by molar-refractivity contribution is 0.165. The Kier molecular flexibility index (Phi) is 3.63. The number of hydrogen-bond acceptors (Lipinski definition) is 4. The predicted molar refractivity (Wildman–Crippen MR) is 67.7 cm³/mol. The summed E-state index contributed by atoms with van der Waals surface area (Å²) in [6.07, 6.45) is 5.73. The van der Waals surface area contributed by atoms with E-state index in [1.165, 1.54) is 5.57 Å². The summed E-state index contributed by atoms with van der Waals surface area (Å²) in [5.41, 5.74) is 9.06. The number of hydrogen-bond donors (Lipinski definition) is 1. The molecule has 0 saturated carbocycles. The van der Waals surface area contributed by atoms with E-state index in [-0.39, 0.29) is 31.7 Å².